The summed E-state index contributed by atoms with van der Waals surface area (Å²) in [5, 5.41) is 0. The van der Waals surface area contributed by atoms with E-state index in [4.69, 9.17) is 4.74 Å². The molecule has 4 rings (SSSR count). The molecule has 5 heteroatoms. The Hall–Kier alpha value is -2.50. The van der Waals surface area contributed by atoms with E-state index >= 15 is 0 Å². The minimum absolute atomic E-state index is 0.246. The first-order valence-corrected chi connectivity index (χ1v) is 9.93. The second-order valence-electron chi connectivity index (χ2n) is 7.68. The lowest BCUT2D eigenvalue weighted by molar-refractivity contribution is -0.155. The van der Waals surface area contributed by atoms with Crippen LogP contribution in [0.4, 0.5) is 5.69 Å². The third kappa shape index (κ3) is 2.69. The van der Waals surface area contributed by atoms with Crippen LogP contribution in [0.2, 0.25) is 0 Å². The van der Waals surface area contributed by atoms with Crippen molar-refractivity contribution in [3.63, 3.8) is 0 Å². The summed E-state index contributed by atoms with van der Waals surface area (Å²) in [6.45, 7) is 2.76. The molecule has 0 N–H and O–H groups in total. The molecule has 1 atom stereocenters. The van der Waals surface area contributed by atoms with Gasteiger partial charge in [0, 0.05) is 12.2 Å². The number of imide groups is 1. The van der Waals surface area contributed by atoms with Gasteiger partial charge < -0.3 is 4.74 Å². The van der Waals surface area contributed by atoms with Gasteiger partial charge in [-0.3, -0.25) is 14.5 Å². The molecule has 1 heterocycles. The second kappa shape index (κ2) is 7.15. The Labute approximate surface area is 165 Å². The van der Waals surface area contributed by atoms with Crippen LogP contribution in [0.3, 0.4) is 0 Å². The van der Waals surface area contributed by atoms with E-state index < -0.39 is 5.72 Å². The SMILES string of the molecule is CCCOC1(N(C)C)CCCc2c(N3C(=O)c4ccccc4C3=O)cccc21. The minimum Gasteiger partial charge on any atom is -0.356 e. The zero-order valence-corrected chi connectivity index (χ0v) is 16.7. The first-order valence-electron chi connectivity index (χ1n) is 9.93. The van der Waals surface area contributed by atoms with Gasteiger partial charge in [0.05, 0.1) is 16.8 Å². The average molecular weight is 378 g/mol. The molecule has 0 radical (unpaired) electrons. The van der Waals surface area contributed by atoms with Gasteiger partial charge in [-0.2, -0.15) is 0 Å². The van der Waals surface area contributed by atoms with E-state index in [1.165, 1.54) is 4.90 Å². The molecular weight excluding hydrogens is 352 g/mol. The van der Waals surface area contributed by atoms with Gasteiger partial charge in [-0.05, 0) is 63.5 Å². The second-order valence-corrected chi connectivity index (χ2v) is 7.68. The number of hydrogen-bond donors (Lipinski definition) is 0. The van der Waals surface area contributed by atoms with Crippen molar-refractivity contribution in [2.45, 2.75) is 38.3 Å². The van der Waals surface area contributed by atoms with Gasteiger partial charge in [0.15, 0.2) is 0 Å². The van der Waals surface area contributed by atoms with E-state index in [2.05, 4.69) is 17.9 Å². The van der Waals surface area contributed by atoms with Crippen molar-refractivity contribution in [3.8, 4) is 0 Å². The Kier molecular flexibility index (Phi) is 4.81. The number of benzene rings is 2. The van der Waals surface area contributed by atoms with Crippen molar-refractivity contribution < 1.29 is 14.3 Å². The maximum atomic E-state index is 13.0. The predicted molar refractivity (Wildman–Crippen MR) is 109 cm³/mol. The van der Waals surface area contributed by atoms with Crippen molar-refractivity contribution in [2.75, 3.05) is 25.6 Å². The summed E-state index contributed by atoms with van der Waals surface area (Å²) >= 11 is 0. The minimum atomic E-state index is -0.529. The smallest absolute Gasteiger partial charge is 0.266 e. The van der Waals surface area contributed by atoms with E-state index in [0.29, 0.717) is 23.4 Å². The number of nitrogens with zero attached hydrogens (tertiary/aromatic N) is 2. The van der Waals surface area contributed by atoms with Crippen LogP contribution in [-0.2, 0) is 16.9 Å². The molecule has 0 fully saturated rings. The summed E-state index contributed by atoms with van der Waals surface area (Å²) in [6.07, 6.45) is 3.58. The van der Waals surface area contributed by atoms with E-state index in [1.54, 1.807) is 24.3 Å². The summed E-state index contributed by atoms with van der Waals surface area (Å²) in [5.74, 6) is -0.492. The highest BCUT2D eigenvalue weighted by Crippen LogP contribution is 2.44. The molecule has 2 amide bonds. The number of ether oxygens (including phenoxy) is 1. The molecule has 2 aromatic carbocycles. The highest BCUT2D eigenvalue weighted by Gasteiger charge is 2.43. The van der Waals surface area contributed by atoms with Crippen molar-refractivity contribution in [3.05, 3.63) is 64.7 Å². The first-order chi connectivity index (χ1) is 13.5. The topological polar surface area (TPSA) is 49.9 Å². The van der Waals surface area contributed by atoms with Crippen molar-refractivity contribution in [1.82, 2.24) is 4.90 Å². The quantitative estimate of drug-likeness (QED) is 0.584. The third-order valence-corrected chi connectivity index (χ3v) is 5.82. The van der Waals surface area contributed by atoms with E-state index in [1.807, 2.05) is 26.2 Å². The van der Waals surface area contributed by atoms with Gasteiger partial charge in [-0.15, -0.1) is 0 Å². The molecule has 0 saturated heterocycles. The van der Waals surface area contributed by atoms with E-state index in [-0.39, 0.29) is 11.8 Å². The van der Waals surface area contributed by atoms with E-state index in [0.717, 1.165) is 36.8 Å². The fraction of sp³-hybridized carbons (Fsp3) is 0.391. The third-order valence-electron chi connectivity index (χ3n) is 5.82. The first kappa shape index (κ1) is 18.8. The lowest BCUT2D eigenvalue weighted by Crippen LogP contribution is -2.47. The molecule has 5 nitrogen and oxygen atoms in total. The number of anilines is 1. The molecule has 146 valence electrons. The standard InChI is InChI=1S/C23H26N2O3/c1-4-15-28-23(24(2)3)14-8-11-18-19(23)12-7-13-20(18)25-21(26)16-9-5-6-10-17(16)22(25)27/h5-7,9-10,12-13H,4,8,11,14-15H2,1-3H3. The number of hydrogen-bond acceptors (Lipinski definition) is 4. The number of carbonyl (C=O) groups excluding carboxylic acids is 2. The van der Waals surface area contributed by atoms with Crippen LogP contribution < -0.4 is 4.90 Å². The van der Waals surface area contributed by atoms with E-state index in [9.17, 15) is 9.59 Å². The maximum absolute atomic E-state index is 13.0. The van der Waals surface area contributed by atoms with Crippen LogP contribution >= 0.6 is 0 Å². The van der Waals surface area contributed by atoms with Gasteiger partial charge >= 0.3 is 0 Å². The van der Waals surface area contributed by atoms with Gasteiger partial charge in [0.25, 0.3) is 11.8 Å². The highest BCUT2D eigenvalue weighted by molar-refractivity contribution is 6.34. The normalized spacial score (nSPS) is 21.2. The molecule has 28 heavy (non-hydrogen) atoms. The fourth-order valence-corrected chi connectivity index (χ4v) is 4.47. The summed E-state index contributed by atoms with van der Waals surface area (Å²) in [5.41, 5.74) is 3.20. The number of rotatable bonds is 5. The Balaban J connectivity index is 1.83. The number of amides is 2. The van der Waals surface area contributed by atoms with Gasteiger partial charge in [0.2, 0.25) is 0 Å². The Morgan fingerprint density at radius 2 is 1.71 bits per heavy atom. The average Bonchev–Trinajstić information content (AvgIpc) is 2.96. The zero-order valence-electron chi connectivity index (χ0n) is 16.7. The zero-order chi connectivity index (χ0) is 19.9. The molecule has 1 unspecified atom stereocenters. The monoisotopic (exact) mass is 378 g/mol. The van der Waals surface area contributed by atoms with Crippen molar-refractivity contribution >= 4 is 17.5 Å². The summed E-state index contributed by atoms with van der Waals surface area (Å²) in [4.78, 5) is 29.5. The largest absolute Gasteiger partial charge is 0.356 e. The Morgan fingerprint density at radius 3 is 2.32 bits per heavy atom. The summed E-state index contributed by atoms with van der Waals surface area (Å²) in [6, 6.07) is 12.9. The Morgan fingerprint density at radius 1 is 1.04 bits per heavy atom. The number of carbonyl (C=O) groups is 2. The van der Waals surface area contributed by atoms with Crippen LogP contribution in [0.1, 0.15) is 58.0 Å². The Bertz CT molecular complexity index is 902. The van der Waals surface area contributed by atoms with Crippen LogP contribution in [0.25, 0.3) is 0 Å². The van der Waals surface area contributed by atoms with Crippen LogP contribution in [0, 0.1) is 0 Å². The van der Waals surface area contributed by atoms with Gasteiger partial charge in [-0.1, -0.05) is 31.2 Å². The van der Waals surface area contributed by atoms with Crippen LogP contribution in [-0.4, -0.2) is 37.4 Å². The molecule has 2 aliphatic rings. The lowest BCUT2D eigenvalue weighted by atomic mass is 9.82. The molecule has 2 aromatic rings. The summed E-state index contributed by atoms with van der Waals surface area (Å²) < 4.78 is 6.38. The molecule has 1 aliphatic heterocycles. The lowest BCUT2D eigenvalue weighted by Gasteiger charge is -2.44. The van der Waals surface area contributed by atoms with Crippen molar-refractivity contribution in [2.24, 2.45) is 0 Å². The molecule has 0 bridgehead atoms. The molecule has 0 saturated carbocycles. The molecule has 0 aromatic heterocycles. The predicted octanol–water partition coefficient (Wildman–Crippen LogP) is 3.96. The number of fused-ring (bicyclic) bond motifs is 2. The molecular formula is C23H26N2O3. The summed E-state index contributed by atoms with van der Waals surface area (Å²) in [7, 11) is 4.05. The van der Waals surface area contributed by atoms with Crippen LogP contribution in [0.15, 0.2) is 42.5 Å². The van der Waals surface area contributed by atoms with Crippen LogP contribution in [0.5, 0.6) is 0 Å². The highest BCUT2D eigenvalue weighted by atomic mass is 16.5. The maximum Gasteiger partial charge on any atom is 0.266 e. The molecule has 0 spiro atoms. The van der Waals surface area contributed by atoms with Crippen molar-refractivity contribution in [1.29, 1.82) is 0 Å². The van der Waals surface area contributed by atoms with Gasteiger partial charge in [0.1, 0.15) is 5.72 Å². The molecule has 1 aliphatic carbocycles. The van der Waals surface area contributed by atoms with Gasteiger partial charge in [-0.25, -0.2) is 4.90 Å². The fourth-order valence-electron chi connectivity index (χ4n) is 4.47.